The minimum atomic E-state index is -0.272. The molecule has 0 heterocycles. The fraction of sp³-hybridized carbons (Fsp3) is 0.853. The van der Waals surface area contributed by atoms with Crippen LogP contribution in [-0.4, -0.2) is 29.9 Å². The SMILES string of the molecule is C=C(C)C(CCC(C)C1[C@@H](OC(C)=O)C[C@@]2(C)C3CCC4C(C)(C)C(=O)CC[C@@]45C[C@@]35CC[C@]12C)OC(C)=O. The summed E-state index contributed by atoms with van der Waals surface area (Å²) in [5.41, 5.74) is 1.51. The molecule has 5 aliphatic carbocycles. The molecule has 39 heavy (non-hydrogen) atoms. The number of esters is 2. The first-order valence-electron chi connectivity index (χ1n) is 15.6. The largest absolute Gasteiger partial charge is 0.462 e. The second-order valence-corrected chi connectivity index (χ2v) is 15.5. The first-order chi connectivity index (χ1) is 18.1. The van der Waals surface area contributed by atoms with E-state index in [1.807, 2.05) is 6.92 Å². The van der Waals surface area contributed by atoms with E-state index < -0.39 is 0 Å². The van der Waals surface area contributed by atoms with E-state index in [0.29, 0.717) is 34.4 Å². The molecule has 0 N–H and O–H groups in total. The van der Waals surface area contributed by atoms with Crippen LogP contribution >= 0.6 is 0 Å². The van der Waals surface area contributed by atoms with Gasteiger partial charge in [-0.25, -0.2) is 0 Å². The Hall–Kier alpha value is -1.65. The summed E-state index contributed by atoms with van der Waals surface area (Å²) in [4.78, 5) is 37.1. The van der Waals surface area contributed by atoms with Gasteiger partial charge < -0.3 is 9.47 Å². The summed E-state index contributed by atoms with van der Waals surface area (Å²) in [7, 11) is 0. The molecule has 218 valence electrons. The highest BCUT2D eigenvalue weighted by Gasteiger charge is 2.83. The average Bonchev–Trinajstić information content (AvgIpc) is 3.43. The Morgan fingerprint density at radius 2 is 1.56 bits per heavy atom. The van der Waals surface area contributed by atoms with Gasteiger partial charge in [0.2, 0.25) is 0 Å². The Morgan fingerprint density at radius 3 is 2.18 bits per heavy atom. The quantitative estimate of drug-likeness (QED) is 0.248. The van der Waals surface area contributed by atoms with Crippen molar-refractivity contribution in [3.05, 3.63) is 12.2 Å². The third-order valence-electron chi connectivity index (χ3n) is 13.6. The first kappa shape index (κ1) is 28.9. The van der Waals surface area contributed by atoms with E-state index in [1.165, 1.54) is 26.2 Å². The van der Waals surface area contributed by atoms with Crippen molar-refractivity contribution in [2.75, 3.05) is 0 Å². The van der Waals surface area contributed by atoms with Gasteiger partial charge >= 0.3 is 11.9 Å². The number of carbonyl (C=O) groups is 3. The van der Waals surface area contributed by atoms with Crippen molar-refractivity contribution in [3.8, 4) is 0 Å². The second-order valence-electron chi connectivity index (χ2n) is 15.5. The molecule has 0 aromatic heterocycles. The molecule has 5 aliphatic rings. The molecule has 2 spiro atoms. The lowest BCUT2D eigenvalue weighted by molar-refractivity contribution is -0.158. The van der Waals surface area contributed by atoms with Crippen molar-refractivity contribution in [1.29, 1.82) is 0 Å². The first-order valence-corrected chi connectivity index (χ1v) is 15.6. The Balaban J connectivity index is 1.44. The minimum Gasteiger partial charge on any atom is -0.462 e. The van der Waals surface area contributed by atoms with Crippen LogP contribution in [0.1, 0.15) is 120 Å². The van der Waals surface area contributed by atoms with Gasteiger partial charge in [0.25, 0.3) is 0 Å². The zero-order valence-electron chi connectivity index (χ0n) is 25.8. The Kier molecular flexibility index (Phi) is 6.79. The summed E-state index contributed by atoms with van der Waals surface area (Å²) < 4.78 is 11.8. The van der Waals surface area contributed by atoms with Gasteiger partial charge in [0.05, 0.1) is 0 Å². The Labute approximate surface area is 236 Å². The maximum atomic E-state index is 13.0. The lowest BCUT2D eigenvalue weighted by Crippen LogP contribution is -2.57. The summed E-state index contributed by atoms with van der Waals surface area (Å²) >= 11 is 0. The lowest BCUT2D eigenvalue weighted by atomic mass is 9.42. The zero-order valence-corrected chi connectivity index (χ0v) is 25.8. The van der Waals surface area contributed by atoms with E-state index in [4.69, 9.17) is 9.47 Å². The van der Waals surface area contributed by atoms with Crippen LogP contribution in [-0.2, 0) is 23.9 Å². The van der Waals surface area contributed by atoms with Gasteiger partial charge in [-0.15, -0.1) is 0 Å². The van der Waals surface area contributed by atoms with Gasteiger partial charge in [0.15, 0.2) is 0 Å². The van der Waals surface area contributed by atoms with Gasteiger partial charge in [-0.2, -0.15) is 0 Å². The van der Waals surface area contributed by atoms with Crippen LogP contribution in [0.15, 0.2) is 12.2 Å². The smallest absolute Gasteiger partial charge is 0.303 e. The van der Waals surface area contributed by atoms with Crippen LogP contribution in [0.3, 0.4) is 0 Å². The summed E-state index contributed by atoms with van der Waals surface area (Å²) in [5.74, 6) is 1.73. The number of ketones is 1. The molecule has 0 aliphatic heterocycles. The molecule has 5 saturated carbocycles. The predicted octanol–water partition coefficient (Wildman–Crippen LogP) is 7.46. The van der Waals surface area contributed by atoms with Gasteiger partial charge in [-0.05, 0) is 110 Å². The average molecular weight is 541 g/mol. The summed E-state index contributed by atoms with van der Waals surface area (Å²) in [6.45, 7) is 20.8. The Morgan fingerprint density at radius 1 is 0.923 bits per heavy atom. The monoisotopic (exact) mass is 540 g/mol. The fourth-order valence-electron chi connectivity index (χ4n) is 11.8. The minimum absolute atomic E-state index is 0.0687. The molecule has 5 fully saturated rings. The molecule has 5 rings (SSSR count). The number of carbonyl (C=O) groups excluding carboxylic acids is 3. The highest BCUT2D eigenvalue weighted by molar-refractivity contribution is 5.86. The number of Topliss-reactive ketones (excluding diaryl/α,β-unsaturated/α-hetero) is 1. The van der Waals surface area contributed by atoms with Gasteiger partial charge in [-0.3, -0.25) is 14.4 Å². The summed E-state index contributed by atoms with van der Waals surface area (Å²) in [6, 6.07) is 0. The third kappa shape index (κ3) is 3.94. The van der Waals surface area contributed by atoms with Crippen molar-refractivity contribution in [2.24, 2.45) is 50.7 Å². The topological polar surface area (TPSA) is 69.7 Å². The van der Waals surface area contributed by atoms with Crippen molar-refractivity contribution in [3.63, 3.8) is 0 Å². The lowest BCUT2D eigenvalue weighted by Gasteiger charge is -2.62. The Bertz CT molecular complexity index is 1080. The van der Waals surface area contributed by atoms with Crippen LogP contribution in [0.25, 0.3) is 0 Å². The normalized spacial score (nSPS) is 45.1. The van der Waals surface area contributed by atoms with Crippen LogP contribution in [0.5, 0.6) is 0 Å². The van der Waals surface area contributed by atoms with E-state index in [0.717, 1.165) is 50.5 Å². The maximum Gasteiger partial charge on any atom is 0.303 e. The summed E-state index contributed by atoms with van der Waals surface area (Å²) in [6.07, 6.45) is 10.1. The van der Waals surface area contributed by atoms with Crippen LogP contribution in [0.2, 0.25) is 0 Å². The van der Waals surface area contributed by atoms with Crippen molar-refractivity contribution < 1.29 is 23.9 Å². The number of hydrogen-bond donors (Lipinski definition) is 0. The molecule has 0 aromatic rings. The molecule has 0 radical (unpaired) electrons. The van der Waals surface area contributed by atoms with Crippen molar-refractivity contribution in [1.82, 2.24) is 0 Å². The molecule has 5 nitrogen and oxygen atoms in total. The van der Waals surface area contributed by atoms with E-state index in [9.17, 15) is 14.4 Å². The molecule has 0 aromatic carbocycles. The molecular formula is C34H52O5. The van der Waals surface area contributed by atoms with E-state index in [-0.39, 0.29) is 46.3 Å². The second kappa shape index (κ2) is 9.18. The van der Waals surface area contributed by atoms with Crippen LogP contribution in [0, 0.1) is 50.7 Å². The zero-order chi connectivity index (χ0) is 28.8. The number of rotatable bonds is 7. The molecular weight excluding hydrogens is 488 g/mol. The predicted molar refractivity (Wildman–Crippen MR) is 152 cm³/mol. The molecule has 0 bridgehead atoms. The third-order valence-corrected chi connectivity index (χ3v) is 13.6. The fourth-order valence-corrected chi connectivity index (χ4v) is 11.8. The van der Waals surface area contributed by atoms with Crippen LogP contribution < -0.4 is 0 Å². The van der Waals surface area contributed by atoms with Crippen molar-refractivity contribution >= 4 is 17.7 Å². The van der Waals surface area contributed by atoms with E-state index >= 15 is 0 Å². The van der Waals surface area contributed by atoms with Crippen LogP contribution in [0.4, 0.5) is 0 Å². The molecule has 0 amide bonds. The van der Waals surface area contributed by atoms with Gasteiger partial charge in [-0.1, -0.05) is 41.2 Å². The van der Waals surface area contributed by atoms with Gasteiger partial charge in [0.1, 0.15) is 18.0 Å². The number of ether oxygens (including phenoxy) is 2. The standard InChI is InChI=1S/C34H52O5/c1-20(2)24(38-22(4)35)11-10-21(3)29-25(39-23(5)36)18-32(9)27-13-12-26-30(6,7)28(37)14-15-33(26)19-34(27,33)17-16-31(29,32)8/h21,24-27,29H,1,10-19H2,2-9H3/t21?,24?,25-,26?,27?,29?,31+,32-,33+,34-/m0/s1. The molecule has 10 atom stereocenters. The maximum absolute atomic E-state index is 13.0. The highest BCUT2D eigenvalue weighted by Crippen LogP contribution is 2.88. The molecule has 5 heteroatoms. The molecule has 5 unspecified atom stereocenters. The van der Waals surface area contributed by atoms with Crippen molar-refractivity contribution in [2.45, 2.75) is 132 Å². The summed E-state index contributed by atoms with van der Waals surface area (Å²) in [5, 5.41) is 0. The van der Waals surface area contributed by atoms with Gasteiger partial charge in [0, 0.05) is 31.6 Å². The number of hydrogen-bond acceptors (Lipinski definition) is 5. The number of fused-ring (bicyclic) bond motifs is 2. The highest BCUT2D eigenvalue weighted by atomic mass is 16.5. The molecule has 0 saturated heterocycles. The van der Waals surface area contributed by atoms with E-state index in [1.54, 1.807) is 6.92 Å². The van der Waals surface area contributed by atoms with E-state index in [2.05, 4.69) is 41.2 Å².